The molecule has 0 saturated heterocycles. The summed E-state index contributed by atoms with van der Waals surface area (Å²) in [5, 5.41) is 11.5. The Morgan fingerprint density at radius 1 is 1.14 bits per heavy atom. The Bertz CT molecular complexity index is 859. The van der Waals surface area contributed by atoms with Crippen LogP contribution < -0.4 is 0 Å². The molecular formula is C17H12ClNO2. The average molecular weight is 298 g/mol. The quantitative estimate of drug-likeness (QED) is 0.754. The highest BCUT2D eigenvalue weighted by molar-refractivity contribution is 6.33. The number of nitrogens with zero attached hydrogens (tertiary/aromatic N) is 1. The molecular weight excluding hydrogens is 286 g/mol. The van der Waals surface area contributed by atoms with Crippen LogP contribution in [-0.4, -0.2) is 16.1 Å². The standard InChI is InChI=1S/C17H12ClNO2/c1-10-9-19-16(13-4-2-3-5-15(13)18)14-8-11(17(20)21)6-7-12(10)14/h2-9H,1H3,(H,20,21). The van der Waals surface area contributed by atoms with E-state index in [1.54, 1.807) is 24.4 Å². The van der Waals surface area contributed by atoms with Gasteiger partial charge < -0.3 is 5.11 Å². The van der Waals surface area contributed by atoms with Crippen LogP contribution in [0, 0.1) is 6.92 Å². The lowest BCUT2D eigenvalue weighted by atomic mass is 9.99. The van der Waals surface area contributed by atoms with Gasteiger partial charge in [-0.1, -0.05) is 35.9 Å². The van der Waals surface area contributed by atoms with Gasteiger partial charge in [-0.2, -0.15) is 0 Å². The molecule has 3 nitrogen and oxygen atoms in total. The predicted octanol–water partition coefficient (Wildman–Crippen LogP) is 4.56. The van der Waals surface area contributed by atoms with E-state index in [0.717, 1.165) is 21.9 Å². The van der Waals surface area contributed by atoms with Gasteiger partial charge in [0.1, 0.15) is 0 Å². The largest absolute Gasteiger partial charge is 0.478 e. The molecule has 21 heavy (non-hydrogen) atoms. The number of pyridine rings is 1. The van der Waals surface area contributed by atoms with Crippen molar-refractivity contribution in [3.63, 3.8) is 0 Å². The van der Waals surface area contributed by atoms with Gasteiger partial charge in [0.15, 0.2) is 0 Å². The SMILES string of the molecule is Cc1cnc(-c2ccccc2Cl)c2cc(C(=O)O)ccc12. The summed E-state index contributed by atoms with van der Waals surface area (Å²) in [6.07, 6.45) is 1.78. The Hall–Kier alpha value is -2.39. The Balaban J connectivity index is 2.38. The van der Waals surface area contributed by atoms with Crippen LogP contribution in [0.5, 0.6) is 0 Å². The molecule has 0 bridgehead atoms. The van der Waals surface area contributed by atoms with E-state index >= 15 is 0 Å². The van der Waals surface area contributed by atoms with Gasteiger partial charge in [0, 0.05) is 22.2 Å². The minimum absolute atomic E-state index is 0.239. The fourth-order valence-electron chi connectivity index (χ4n) is 2.39. The van der Waals surface area contributed by atoms with Gasteiger partial charge in [0.05, 0.1) is 11.3 Å². The lowest BCUT2D eigenvalue weighted by Gasteiger charge is -2.10. The second-order valence-electron chi connectivity index (χ2n) is 4.84. The second-order valence-corrected chi connectivity index (χ2v) is 5.24. The molecule has 0 amide bonds. The van der Waals surface area contributed by atoms with Crippen LogP contribution in [0.2, 0.25) is 5.02 Å². The average Bonchev–Trinajstić information content (AvgIpc) is 2.48. The van der Waals surface area contributed by atoms with E-state index < -0.39 is 5.97 Å². The summed E-state index contributed by atoms with van der Waals surface area (Å²) >= 11 is 6.24. The van der Waals surface area contributed by atoms with E-state index in [4.69, 9.17) is 11.6 Å². The first kappa shape index (κ1) is 13.6. The Morgan fingerprint density at radius 2 is 1.90 bits per heavy atom. The van der Waals surface area contributed by atoms with Crippen molar-refractivity contribution in [2.45, 2.75) is 6.92 Å². The van der Waals surface area contributed by atoms with E-state index in [2.05, 4.69) is 4.98 Å². The number of aryl methyl sites for hydroxylation is 1. The van der Waals surface area contributed by atoms with Gasteiger partial charge in [0.25, 0.3) is 0 Å². The number of benzene rings is 2. The molecule has 0 aliphatic heterocycles. The molecule has 0 fully saturated rings. The highest BCUT2D eigenvalue weighted by atomic mass is 35.5. The molecule has 0 unspecified atom stereocenters. The molecule has 1 aromatic heterocycles. The third kappa shape index (κ3) is 2.36. The van der Waals surface area contributed by atoms with Crippen LogP contribution >= 0.6 is 11.6 Å². The van der Waals surface area contributed by atoms with Crippen molar-refractivity contribution in [2.75, 3.05) is 0 Å². The van der Waals surface area contributed by atoms with Crippen LogP contribution in [0.15, 0.2) is 48.7 Å². The minimum atomic E-state index is -0.955. The normalized spacial score (nSPS) is 10.8. The molecule has 0 aliphatic rings. The summed E-state index contributed by atoms with van der Waals surface area (Å²) in [5.41, 5.74) is 2.73. The Labute approximate surface area is 126 Å². The zero-order valence-electron chi connectivity index (χ0n) is 11.3. The fourth-order valence-corrected chi connectivity index (χ4v) is 2.61. The summed E-state index contributed by atoms with van der Waals surface area (Å²) in [6.45, 7) is 1.95. The molecule has 104 valence electrons. The third-order valence-electron chi connectivity index (χ3n) is 3.46. The van der Waals surface area contributed by atoms with Gasteiger partial charge in [0.2, 0.25) is 0 Å². The third-order valence-corrected chi connectivity index (χ3v) is 3.79. The topological polar surface area (TPSA) is 50.2 Å². The molecule has 4 heteroatoms. The maximum atomic E-state index is 11.2. The Kier molecular flexibility index (Phi) is 3.35. The molecule has 0 radical (unpaired) electrons. The number of aromatic nitrogens is 1. The predicted molar refractivity (Wildman–Crippen MR) is 83.9 cm³/mol. The van der Waals surface area contributed by atoms with E-state index in [-0.39, 0.29) is 5.56 Å². The molecule has 0 aliphatic carbocycles. The highest BCUT2D eigenvalue weighted by Gasteiger charge is 2.12. The summed E-state index contributed by atoms with van der Waals surface area (Å²) in [6, 6.07) is 12.5. The van der Waals surface area contributed by atoms with Crippen molar-refractivity contribution in [1.82, 2.24) is 4.98 Å². The summed E-state index contributed by atoms with van der Waals surface area (Å²) in [5.74, 6) is -0.955. The summed E-state index contributed by atoms with van der Waals surface area (Å²) in [4.78, 5) is 15.7. The Morgan fingerprint density at radius 3 is 2.62 bits per heavy atom. The monoisotopic (exact) mass is 297 g/mol. The molecule has 3 rings (SSSR count). The van der Waals surface area contributed by atoms with E-state index in [1.807, 2.05) is 31.2 Å². The number of aromatic carboxylic acids is 1. The number of fused-ring (bicyclic) bond motifs is 1. The first-order valence-electron chi connectivity index (χ1n) is 6.45. The van der Waals surface area contributed by atoms with Crippen LogP contribution in [0.1, 0.15) is 15.9 Å². The van der Waals surface area contributed by atoms with Crippen molar-refractivity contribution in [2.24, 2.45) is 0 Å². The number of hydrogen-bond donors (Lipinski definition) is 1. The van der Waals surface area contributed by atoms with E-state index in [1.165, 1.54) is 0 Å². The van der Waals surface area contributed by atoms with E-state index in [0.29, 0.717) is 10.7 Å². The zero-order chi connectivity index (χ0) is 15.0. The minimum Gasteiger partial charge on any atom is -0.478 e. The van der Waals surface area contributed by atoms with Crippen LogP contribution in [0.25, 0.3) is 22.0 Å². The van der Waals surface area contributed by atoms with Gasteiger partial charge in [-0.3, -0.25) is 4.98 Å². The highest BCUT2D eigenvalue weighted by Crippen LogP contribution is 2.33. The zero-order valence-corrected chi connectivity index (χ0v) is 12.1. The van der Waals surface area contributed by atoms with Gasteiger partial charge >= 0.3 is 5.97 Å². The van der Waals surface area contributed by atoms with E-state index in [9.17, 15) is 9.90 Å². The first-order chi connectivity index (χ1) is 10.1. The van der Waals surface area contributed by atoms with Gasteiger partial charge in [-0.15, -0.1) is 0 Å². The summed E-state index contributed by atoms with van der Waals surface area (Å²) in [7, 11) is 0. The lowest BCUT2D eigenvalue weighted by Crippen LogP contribution is -1.97. The number of carbonyl (C=O) groups is 1. The first-order valence-corrected chi connectivity index (χ1v) is 6.83. The van der Waals surface area contributed by atoms with Gasteiger partial charge in [-0.25, -0.2) is 4.79 Å². The van der Waals surface area contributed by atoms with Crippen molar-refractivity contribution >= 4 is 28.3 Å². The maximum absolute atomic E-state index is 11.2. The van der Waals surface area contributed by atoms with Crippen LogP contribution in [0.3, 0.4) is 0 Å². The van der Waals surface area contributed by atoms with Crippen LogP contribution in [0.4, 0.5) is 0 Å². The molecule has 1 N–H and O–H groups in total. The number of carboxylic acids is 1. The van der Waals surface area contributed by atoms with Gasteiger partial charge in [-0.05, 0) is 36.1 Å². The fraction of sp³-hybridized carbons (Fsp3) is 0.0588. The smallest absolute Gasteiger partial charge is 0.335 e. The van der Waals surface area contributed by atoms with Crippen molar-refractivity contribution < 1.29 is 9.90 Å². The number of carboxylic acid groups (broad SMARTS) is 1. The second kappa shape index (κ2) is 5.19. The van der Waals surface area contributed by atoms with Crippen molar-refractivity contribution in [3.05, 3.63) is 64.8 Å². The molecule has 2 aromatic carbocycles. The number of hydrogen-bond acceptors (Lipinski definition) is 2. The molecule has 1 heterocycles. The van der Waals surface area contributed by atoms with Crippen LogP contribution in [-0.2, 0) is 0 Å². The maximum Gasteiger partial charge on any atom is 0.335 e. The molecule has 0 atom stereocenters. The lowest BCUT2D eigenvalue weighted by molar-refractivity contribution is 0.0697. The molecule has 0 spiro atoms. The molecule has 3 aromatic rings. The summed E-state index contributed by atoms with van der Waals surface area (Å²) < 4.78 is 0. The molecule has 0 saturated carbocycles. The number of halogens is 1. The van der Waals surface area contributed by atoms with Crippen molar-refractivity contribution in [1.29, 1.82) is 0 Å². The van der Waals surface area contributed by atoms with Crippen molar-refractivity contribution in [3.8, 4) is 11.3 Å². The number of rotatable bonds is 2.